The van der Waals surface area contributed by atoms with Gasteiger partial charge in [0.15, 0.2) is 5.11 Å². The second-order valence-corrected chi connectivity index (χ2v) is 8.06. The number of fused-ring (bicyclic) bond motifs is 1. The third-order valence-electron chi connectivity index (χ3n) is 5.65. The quantitative estimate of drug-likeness (QED) is 0.457. The SMILES string of the molecule is CCN(CC)CCN(Cc1cc2ccc(OC)cc2[nH]c1=O)C(=S)NCc1ccccc1. The number of rotatable bonds is 10. The number of aromatic amines is 1. The van der Waals surface area contributed by atoms with Gasteiger partial charge in [-0.25, -0.2) is 0 Å². The van der Waals surface area contributed by atoms with Gasteiger partial charge in [0.2, 0.25) is 0 Å². The molecular formula is C25H32N4O2S. The second-order valence-electron chi connectivity index (χ2n) is 7.67. The summed E-state index contributed by atoms with van der Waals surface area (Å²) in [5.41, 5.74) is 2.50. The summed E-state index contributed by atoms with van der Waals surface area (Å²) in [6, 6.07) is 17.8. The Labute approximate surface area is 195 Å². The standard InChI is InChI=1S/C25H32N4O2S/c1-4-28(5-2)13-14-29(25(32)26-17-19-9-7-6-8-10-19)18-21-15-20-11-12-22(31-3)16-23(20)27-24(21)30/h6-12,15-16H,4-5,13-14,17-18H2,1-3H3,(H,26,32)(H,27,30). The first-order valence-electron chi connectivity index (χ1n) is 11.0. The van der Waals surface area contributed by atoms with Crippen LogP contribution in [0, 0.1) is 0 Å². The number of likely N-dealkylation sites (N-methyl/N-ethyl adjacent to an activating group) is 1. The molecule has 6 nitrogen and oxygen atoms in total. The molecule has 0 unspecified atom stereocenters. The summed E-state index contributed by atoms with van der Waals surface area (Å²) in [4.78, 5) is 20.2. The van der Waals surface area contributed by atoms with E-state index in [1.54, 1.807) is 7.11 Å². The highest BCUT2D eigenvalue weighted by molar-refractivity contribution is 7.80. The average Bonchev–Trinajstić information content (AvgIpc) is 2.82. The molecule has 2 aromatic carbocycles. The molecular weight excluding hydrogens is 420 g/mol. The van der Waals surface area contributed by atoms with E-state index in [9.17, 15) is 4.79 Å². The van der Waals surface area contributed by atoms with Crippen LogP contribution in [0.15, 0.2) is 59.4 Å². The molecule has 0 saturated heterocycles. The molecule has 0 atom stereocenters. The smallest absolute Gasteiger partial charge is 0.253 e. The van der Waals surface area contributed by atoms with Crippen LogP contribution in [-0.2, 0) is 13.1 Å². The van der Waals surface area contributed by atoms with Gasteiger partial charge in [0, 0.05) is 31.3 Å². The zero-order valence-corrected chi connectivity index (χ0v) is 19.9. The van der Waals surface area contributed by atoms with Crippen LogP contribution in [0.1, 0.15) is 25.0 Å². The van der Waals surface area contributed by atoms with Crippen LogP contribution in [0.3, 0.4) is 0 Å². The van der Waals surface area contributed by atoms with E-state index in [4.69, 9.17) is 17.0 Å². The molecule has 0 radical (unpaired) electrons. The Hall–Kier alpha value is -2.90. The number of pyridine rings is 1. The van der Waals surface area contributed by atoms with Crippen LogP contribution in [0.2, 0.25) is 0 Å². The maximum atomic E-state index is 12.8. The Bertz CT molecular complexity index is 1080. The number of benzene rings is 2. The molecule has 170 valence electrons. The van der Waals surface area contributed by atoms with Crippen LogP contribution in [-0.4, -0.2) is 53.2 Å². The van der Waals surface area contributed by atoms with Gasteiger partial charge >= 0.3 is 0 Å². The minimum Gasteiger partial charge on any atom is -0.497 e. The van der Waals surface area contributed by atoms with E-state index >= 15 is 0 Å². The Morgan fingerprint density at radius 3 is 2.50 bits per heavy atom. The maximum absolute atomic E-state index is 12.8. The number of H-pyrrole nitrogens is 1. The lowest BCUT2D eigenvalue weighted by Gasteiger charge is -2.29. The molecule has 7 heteroatoms. The Kier molecular flexibility index (Phi) is 8.64. The van der Waals surface area contributed by atoms with Crippen LogP contribution in [0.4, 0.5) is 0 Å². The van der Waals surface area contributed by atoms with E-state index in [2.05, 4.69) is 46.1 Å². The lowest BCUT2D eigenvalue weighted by Crippen LogP contribution is -2.44. The molecule has 0 spiro atoms. The summed E-state index contributed by atoms with van der Waals surface area (Å²) in [6.45, 7) is 8.98. The van der Waals surface area contributed by atoms with E-state index in [-0.39, 0.29) is 5.56 Å². The van der Waals surface area contributed by atoms with Crippen molar-refractivity contribution in [3.8, 4) is 5.75 Å². The number of ether oxygens (including phenoxy) is 1. The average molecular weight is 453 g/mol. The number of nitrogens with zero attached hydrogens (tertiary/aromatic N) is 2. The van der Waals surface area contributed by atoms with E-state index < -0.39 is 0 Å². The molecule has 0 fully saturated rings. The zero-order valence-electron chi connectivity index (χ0n) is 19.1. The van der Waals surface area contributed by atoms with Crippen molar-refractivity contribution in [2.24, 2.45) is 0 Å². The molecule has 3 rings (SSSR count). The van der Waals surface area contributed by atoms with Gasteiger partial charge in [-0.3, -0.25) is 4.79 Å². The lowest BCUT2D eigenvalue weighted by molar-refractivity contribution is 0.263. The Morgan fingerprint density at radius 1 is 1.06 bits per heavy atom. The van der Waals surface area contributed by atoms with Crippen molar-refractivity contribution in [1.29, 1.82) is 0 Å². The van der Waals surface area contributed by atoms with E-state index in [0.717, 1.165) is 42.6 Å². The number of nitrogens with one attached hydrogen (secondary N) is 2. The highest BCUT2D eigenvalue weighted by atomic mass is 32.1. The fourth-order valence-electron chi connectivity index (χ4n) is 3.62. The number of aromatic nitrogens is 1. The summed E-state index contributed by atoms with van der Waals surface area (Å²) in [7, 11) is 1.62. The van der Waals surface area contributed by atoms with Gasteiger partial charge in [-0.2, -0.15) is 0 Å². The molecule has 3 aromatic rings. The van der Waals surface area contributed by atoms with Gasteiger partial charge in [0.25, 0.3) is 5.56 Å². The van der Waals surface area contributed by atoms with Crippen LogP contribution in [0.25, 0.3) is 10.9 Å². The molecule has 32 heavy (non-hydrogen) atoms. The molecule has 0 bridgehead atoms. The first kappa shape index (κ1) is 23.8. The summed E-state index contributed by atoms with van der Waals surface area (Å²) in [6.07, 6.45) is 0. The molecule has 2 N–H and O–H groups in total. The monoisotopic (exact) mass is 452 g/mol. The molecule has 0 saturated carbocycles. The van der Waals surface area contributed by atoms with Gasteiger partial charge in [-0.1, -0.05) is 44.2 Å². The second kappa shape index (κ2) is 11.6. The Balaban J connectivity index is 1.79. The summed E-state index contributed by atoms with van der Waals surface area (Å²) < 4.78 is 5.27. The predicted octanol–water partition coefficient (Wildman–Crippen LogP) is 3.76. The van der Waals surface area contributed by atoms with E-state index in [0.29, 0.717) is 29.5 Å². The minimum atomic E-state index is -0.107. The summed E-state index contributed by atoms with van der Waals surface area (Å²) in [5, 5.41) is 4.97. The highest BCUT2D eigenvalue weighted by Gasteiger charge is 2.15. The van der Waals surface area contributed by atoms with E-state index in [1.807, 2.05) is 42.5 Å². The summed E-state index contributed by atoms with van der Waals surface area (Å²) >= 11 is 5.74. The van der Waals surface area contributed by atoms with Crippen molar-refractivity contribution < 1.29 is 4.74 Å². The van der Waals surface area contributed by atoms with Crippen molar-refractivity contribution in [1.82, 2.24) is 20.1 Å². The predicted molar refractivity (Wildman–Crippen MR) is 135 cm³/mol. The molecule has 0 aliphatic rings. The first-order chi connectivity index (χ1) is 15.5. The third kappa shape index (κ3) is 6.31. The highest BCUT2D eigenvalue weighted by Crippen LogP contribution is 2.19. The minimum absolute atomic E-state index is 0.107. The van der Waals surface area contributed by atoms with Gasteiger partial charge in [0.1, 0.15) is 5.75 Å². The largest absolute Gasteiger partial charge is 0.497 e. The van der Waals surface area contributed by atoms with Crippen LogP contribution in [0.5, 0.6) is 5.75 Å². The van der Waals surface area contributed by atoms with Crippen molar-refractivity contribution >= 4 is 28.2 Å². The zero-order chi connectivity index (χ0) is 22.9. The lowest BCUT2D eigenvalue weighted by atomic mass is 10.1. The van der Waals surface area contributed by atoms with Crippen molar-refractivity contribution in [3.05, 3.63) is 76.1 Å². The van der Waals surface area contributed by atoms with Gasteiger partial charge < -0.3 is 24.8 Å². The van der Waals surface area contributed by atoms with Crippen LogP contribution < -0.4 is 15.6 Å². The van der Waals surface area contributed by atoms with Gasteiger partial charge in [0.05, 0.1) is 19.2 Å². The number of thiocarbonyl (C=S) groups is 1. The topological polar surface area (TPSA) is 60.6 Å². The van der Waals surface area contributed by atoms with Gasteiger partial charge in [-0.15, -0.1) is 0 Å². The fourth-order valence-corrected chi connectivity index (χ4v) is 3.84. The maximum Gasteiger partial charge on any atom is 0.253 e. The van der Waals surface area contributed by atoms with Crippen LogP contribution >= 0.6 is 12.2 Å². The molecule has 0 aliphatic heterocycles. The fraction of sp³-hybridized carbons (Fsp3) is 0.360. The normalized spacial score (nSPS) is 11.0. The molecule has 1 aromatic heterocycles. The number of hydrogen-bond acceptors (Lipinski definition) is 4. The van der Waals surface area contributed by atoms with Crippen molar-refractivity contribution in [3.63, 3.8) is 0 Å². The van der Waals surface area contributed by atoms with Gasteiger partial charge in [-0.05, 0) is 54.5 Å². The summed E-state index contributed by atoms with van der Waals surface area (Å²) in [5.74, 6) is 0.716. The molecule has 1 heterocycles. The van der Waals surface area contributed by atoms with Crippen molar-refractivity contribution in [2.75, 3.05) is 33.3 Å². The third-order valence-corrected chi connectivity index (χ3v) is 6.05. The number of hydrogen-bond donors (Lipinski definition) is 2. The van der Waals surface area contributed by atoms with E-state index in [1.165, 1.54) is 0 Å². The van der Waals surface area contributed by atoms with Crippen molar-refractivity contribution in [2.45, 2.75) is 26.9 Å². The first-order valence-corrected chi connectivity index (χ1v) is 11.4. The molecule has 0 aliphatic carbocycles. The Morgan fingerprint density at radius 2 is 1.81 bits per heavy atom. The molecule has 0 amide bonds. The number of methoxy groups -OCH3 is 1.